The summed E-state index contributed by atoms with van der Waals surface area (Å²) in [4.78, 5) is 13.3. The van der Waals surface area contributed by atoms with Crippen LogP contribution in [0.25, 0.3) is 0 Å². The Morgan fingerprint density at radius 1 is 0.964 bits per heavy atom. The van der Waals surface area contributed by atoms with E-state index >= 15 is 0 Å². The van der Waals surface area contributed by atoms with E-state index in [0.29, 0.717) is 18.7 Å². The Bertz CT molecular complexity index is 901. The van der Waals surface area contributed by atoms with Crippen LogP contribution in [0.15, 0.2) is 59.5 Å². The maximum absolute atomic E-state index is 13.1. The maximum Gasteiger partial charge on any atom is 0.307 e. The lowest BCUT2D eigenvalue weighted by molar-refractivity contribution is -0.136. The average molecular weight is 403 g/mol. The fourth-order valence-corrected chi connectivity index (χ4v) is 5.32. The molecule has 1 N–H and O–H groups in total. The highest BCUT2D eigenvalue weighted by atomic mass is 32.2. The zero-order chi connectivity index (χ0) is 20.3. The predicted molar refractivity (Wildman–Crippen MR) is 107 cm³/mol. The van der Waals surface area contributed by atoms with E-state index in [1.807, 2.05) is 18.2 Å². The first-order chi connectivity index (χ1) is 13.3. The van der Waals surface area contributed by atoms with E-state index in [0.717, 1.165) is 6.54 Å². The minimum atomic E-state index is -3.61. The van der Waals surface area contributed by atoms with Crippen LogP contribution in [-0.2, 0) is 27.8 Å². The zero-order valence-corrected chi connectivity index (χ0v) is 17.0. The van der Waals surface area contributed by atoms with E-state index in [9.17, 15) is 13.2 Å². The molecule has 2 atom stereocenters. The Morgan fingerprint density at radius 2 is 1.54 bits per heavy atom. The van der Waals surface area contributed by atoms with Gasteiger partial charge in [-0.05, 0) is 37.1 Å². The second kappa shape index (κ2) is 8.43. The molecule has 0 spiro atoms. The van der Waals surface area contributed by atoms with Crippen LogP contribution >= 0.6 is 0 Å². The molecule has 0 unspecified atom stereocenters. The summed E-state index contributed by atoms with van der Waals surface area (Å²) in [5.41, 5.74) is 1.80. The number of benzene rings is 2. The highest BCUT2D eigenvalue weighted by Gasteiger charge is 2.36. The fourth-order valence-electron chi connectivity index (χ4n) is 3.71. The van der Waals surface area contributed by atoms with E-state index in [-0.39, 0.29) is 23.4 Å². The Morgan fingerprint density at radius 3 is 2.07 bits per heavy atom. The van der Waals surface area contributed by atoms with Crippen molar-refractivity contribution in [1.29, 1.82) is 0 Å². The molecule has 3 rings (SSSR count). The topological polar surface area (TPSA) is 77.9 Å². The van der Waals surface area contributed by atoms with Crippen molar-refractivity contribution >= 4 is 16.0 Å². The Labute approximate surface area is 166 Å². The highest BCUT2D eigenvalue weighted by Crippen LogP contribution is 2.25. The predicted octanol–water partition coefficient (Wildman–Crippen LogP) is 2.60. The van der Waals surface area contributed by atoms with Gasteiger partial charge in [0, 0.05) is 31.7 Å². The third kappa shape index (κ3) is 4.60. The van der Waals surface area contributed by atoms with Crippen LogP contribution in [0.5, 0.6) is 0 Å². The van der Waals surface area contributed by atoms with Crippen LogP contribution in [0.3, 0.4) is 0 Å². The first kappa shape index (κ1) is 20.5. The average Bonchev–Trinajstić information content (AvgIpc) is 2.65. The van der Waals surface area contributed by atoms with E-state index in [4.69, 9.17) is 5.11 Å². The summed E-state index contributed by atoms with van der Waals surface area (Å²) in [5, 5.41) is 8.86. The van der Waals surface area contributed by atoms with Gasteiger partial charge in [0.05, 0.1) is 11.3 Å². The number of piperazine rings is 1. The molecule has 2 aromatic rings. The van der Waals surface area contributed by atoms with Gasteiger partial charge in [0.25, 0.3) is 0 Å². The zero-order valence-electron chi connectivity index (χ0n) is 16.2. The molecule has 0 bridgehead atoms. The molecule has 150 valence electrons. The van der Waals surface area contributed by atoms with Gasteiger partial charge in [-0.3, -0.25) is 9.69 Å². The number of sulfonamides is 1. The van der Waals surface area contributed by atoms with Crippen molar-refractivity contribution in [2.45, 2.75) is 43.8 Å². The Kier molecular flexibility index (Phi) is 6.17. The summed E-state index contributed by atoms with van der Waals surface area (Å²) in [6.07, 6.45) is -0.118. The van der Waals surface area contributed by atoms with Crippen LogP contribution < -0.4 is 0 Å². The number of carboxylic acid groups (broad SMARTS) is 1. The van der Waals surface area contributed by atoms with E-state index < -0.39 is 16.0 Å². The van der Waals surface area contributed by atoms with Gasteiger partial charge < -0.3 is 5.11 Å². The summed E-state index contributed by atoms with van der Waals surface area (Å²) in [6, 6.07) is 16.5. The van der Waals surface area contributed by atoms with Gasteiger partial charge in [-0.15, -0.1) is 0 Å². The lowest BCUT2D eigenvalue weighted by Gasteiger charge is -2.43. The first-order valence-corrected chi connectivity index (χ1v) is 10.8. The first-order valence-electron chi connectivity index (χ1n) is 9.38. The standard InChI is InChI=1S/C21H26N2O4S/c1-16-13-22(14-17(2)23(16)15-19-6-4-3-5-7-19)28(26,27)20-10-8-18(9-11-20)12-21(24)25/h3-11,16-17H,12-15H2,1-2H3,(H,24,25)/t16-,17+. The lowest BCUT2D eigenvalue weighted by Crippen LogP contribution is -2.57. The molecule has 7 heteroatoms. The van der Waals surface area contributed by atoms with Crippen molar-refractivity contribution in [3.63, 3.8) is 0 Å². The van der Waals surface area contributed by atoms with Gasteiger partial charge in [0.15, 0.2) is 0 Å². The van der Waals surface area contributed by atoms with Gasteiger partial charge in [0.2, 0.25) is 10.0 Å². The number of aliphatic carboxylic acids is 1. The molecule has 1 heterocycles. The molecule has 1 aliphatic heterocycles. The van der Waals surface area contributed by atoms with Crippen LogP contribution in [-0.4, -0.2) is 53.9 Å². The van der Waals surface area contributed by atoms with Crippen LogP contribution in [0.4, 0.5) is 0 Å². The normalized spacial score (nSPS) is 21.5. The smallest absolute Gasteiger partial charge is 0.307 e. The van der Waals surface area contributed by atoms with Crippen molar-refractivity contribution in [2.75, 3.05) is 13.1 Å². The summed E-state index contributed by atoms with van der Waals surface area (Å²) < 4.78 is 27.7. The van der Waals surface area contributed by atoms with E-state index in [2.05, 4.69) is 30.9 Å². The molecule has 0 radical (unpaired) electrons. The number of rotatable bonds is 6. The number of carboxylic acids is 1. The molecule has 1 fully saturated rings. The summed E-state index contributed by atoms with van der Waals surface area (Å²) in [5.74, 6) is -0.937. The summed E-state index contributed by atoms with van der Waals surface area (Å²) in [7, 11) is -3.61. The largest absolute Gasteiger partial charge is 0.481 e. The molecule has 0 aliphatic carbocycles. The Hall–Kier alpha value is -2.22. The van der Waals surface area contributed by atoms with Crippen LogP contribution in [0.1, 0.15) is 25.0 Å². The SMILES string of the molecule is C[C@@H]1CN(S(=O)(=O)c2ccc(CC(=O)O)cc2)C[C@H](C)N1Cc1ccccc1. The monoisotopic (exact) mass is 402 g/mol. The van der Waals surface area contributed by atoms with Crippen molar-refractivity contribution in [3.05, 3.63) is 65.7 Å². The molecule has 2 aromatic carbocycles. The van der Waals surface area contributed by atoms with Gasteiger partial charge in [-0.1, -0.05) is 42.5 Å². The van der Waals surface area contributed by atoms with Gasteiger partial charge in [0.1, 0.15) is 0 Å². The molecule has 1 aliphatic rings. The molecule has 0 saturated carbocycles. The molecule has 1 saturated heterocycles. The second-order valence-electron chi connectivity index (χ2n) is 7.39. The van der Waals surface area contributed by atoms with Crippen molar-refractivity contribution in [1.82, 2.24) is 9.21 Å². The van der Waals surface area contributed by atoms with Gasteiger partial charge >= 0.3 is 5.97 Å². The third-order valence-electron chi connectivity index (χ3n) is 5.19. The Balaban J connectivity index is 1.73. The molecule has 0 aromatic heterocycles. The van der Waals surface area contributed by atoms with Gasteiger partial charge in [-0.2, -0.15) is 4.31 Å². The third-order valence-corrected chi connectivity index (χ3v) is 7.04. The molecular weight excluding hydrogens is 376 g/mol. The molecule has 0 amide bonds. The highest BCUT2D eigenvalue weighted by molar-refractivity contribution is 7.89. The van der Waals surface area contributed by atoms with E-state index in [1.54, 1.807) is 12.1 Å². The summed E-state index contributed by atoms with van der Waals surface area (Å²) in [6.45, 7) is 5.75. The second-order valence-corrected chi connectivity index (χ2v) is 9.33. The molecule has 6 nitrogen and oxygen atoms in total. The fraction of sp³-hybridized carbons (Fsp3) is 0.381. The van der Waals surface area contributed by atoms with Gasteiger partial charge in [-0.25, -0.2) is 8.42 Å². The maximum atomic E-state index is 13.1. The summed E-state index contributed by atoms with van der Waals surface area (Å²) >= 11 is 0. The minimum absolute atomic E-state index is 0.0880. The van der Waals surface area contributed by atoms with Crippen molar-refractivity contribution in [2.24, 2.45) is 0 Å². The van der Waals surface area contributed by atoms with Crippen molar-refractivity contribution in [3.8, 4) is 0 Å². The number of carbonyl (C=O) groups is 1. The number of hydrogen-bond acceptors (Lipinski definition) is 4. The number of nitrogens with zero attached hydrogens (tertiary/aromatic N) is 2. The number of hydrogen-bond donors (Lipinski definition) is 1. The van der Waals surface area contributed by atoms with E-state index in [1.165, 1.54) is 22.0 Å². The van der Waals surface area contributed by atoms with Crippen LogP contribution in [0.2, 0.25) is 0 Å². The van der Waals surface area contributed by atoms with Crippen LogP contribution in [0, 0.1) is 0 Å². The molecular formula is C21H26N2O4S. The van der Waals surface area contributed by atoms with Crippen molar-refractivity contribution < 1.29 is 18.3 Å². The quantitative estimate of drug-likeness (QED) is 0.804. The lowest BCUT2D eigenvalue weighted by atomic mass is 10.1. The molecule has 28 heavy (non-hydrogen) atoms. The minimum Gasteiger partial charge on any atom is -0.481 e.